The highest BCUT2D eigenvalue weighted by atomic mass is 15.1. The summed E-state index contributed by atoms with van der Waals surface area (Å²) in [6.07, 6.45) is 7.01. The van der Waals surface area contributed by atoms with E-state index in [1.807, 2.05) is 30.5 Å². The summed E-state index contributed by atoms with van der Waals surface area (Å²) in [5, 5.41) is 0. The molecule has 0 aliphatic heterocycles. The van der Waals surface area contributed by atoms with Crippen LogP contribution in [0.4, 0.5) is 0 Å². The minimum Gasteiger partial charge on any atom is -0.321 e. The number of hydrogen-bond acceptors (Lipinski definition) is 3. The Morgan fingerprint density at radius 3 is 2.38 bits per heavy atom. The van der Waals surface area contributed by atoms with Crippen LogP contribution in [-0.4, -0.2) is 14.5 Å². The van der Waals surface area contributed by atoms with Gasteiger partial charge in [-0.2, -0.15) is 0 Å². The number of para-hydroxylation sites is 1. The van der Waals surface area contributed by atoms with Crippen molar-refractivity contribution in [3.8, 4) is 17.1 Å². The normalized spacial score (nSPS) is 15.7. The van der Waals surface area contributed by atoms with Gasteiger partial charge in [-0.3, -0.25) is 9.55 Å². The van der Waals surface area contributed by atoms with E-state index in [9.17, 15) is 0 Å². The van der Waals surface area contributed by atoms with Gasteiger partial charge in [0.05, 0.1) is 17.2 Å². The predicted octanol–water partition coefficient (Wildman–Crippen LogP) is 4.43. The minimum atomic E-state index is -0.137. The van der Waals surface area contributed by atoms with Crippen LogP contribution in [0.15, 0.2) is 73.1 Å². The number of fused-ring (bicyclic) bond motifs is 1. The second-order valence-corrected chi connectivity index (χ2v) is 7.06. The monoisotopic (exact) mass is 340 g/mol. The molecule has 0 unspecified atom stereocenters. The maximum atomic E-state index is 6.47. The van der Waals surface area contributed by atoms with Crippen LogP contribution in [-0.2, 0) is 5.54 Å². The van der Waals surface area contributed by atoms with Crippen LogP contribution in [0.5, 0.6) is 0 Å². The molecule has 4 heteroatoms. The number of aromatic nitrogens is 3. The molecule has 0 amide bonds. The van der Waals surface area contributed by atoms with Gasteiger partial charge in [-0.1, -0.05) is 42.5 Å². The summed E-state index contributed by atoms with van der Waals surface area (Å²) in [5.41, 5.74) is 11.7. The zero-order valence-electron chi connectivity index (χ0n) is 14.5. The lowest BCUT2D eigenvalue weighted by Crippen LogP contribution is -2.43. The van der Waals surface area contributed by atoms with E-state index < -0.39 is 0 Å². The minimum absolute atomic E-state index is 0.137. The molecule has 0 saturated heterocycles. The number of imidazole rings is 1. The third-order valence-corrected chi connectivity index (χ3v) is 5.43. The van der Waals surface area contributed by atoms with Crippen molar-refractivity contribution in [2.75, 3.05) is 0 Å². The van der Waals surface area contributed by atoms with Crippen LogP contribution >= 0.6 is 0 Å². The first-order valence-electron chi connectivity index (χ1n) is 9.02. The molecule has 2 aromatic carbocycles. The second-order valence-electron chi connectivity index (χ2n) is 7.06. The van der Waals surface area contributed by atoms with Crippen molar-refractivity contribution >= 4 is 11.0 Å². The topological polar surface area (TPSA) is 56.7 Å². The zero-order chi connectivity index (χ0) is 17.6. The first kappa shape index (κ1) is 15.3. The number of nitrogens with zero attached hydrogens (tertiary/aromatic N) is 3. The van der Waals surface area contributed by atoms with Gasteiger partial charge in [0.1, 0.15) is 5.82 Å². The number of hydrogen-bond donors (Lipinski definition) is 1. The third kappa shape index (κ3) is 2.34. The Kier molecular flexibility index (Phi) is 3.40. The summed E-state index contributed by atoms with van der Waals surface area (Å²) in [5.74, 6) is 0.922. The van der Waals surface area contributed by atoms with Crippen LogP contribution in [0, 0.1) is 0 Å². The fourth-order valence-electron chi connectivity index (χ4n) is 3.75. The molecule has 2 N–H and O–H groups in total. The fraction of sp³-hybridized carbons (Fsp3) is 0.182. The summed E-state index contributed by atoms with van der Waals surface area (Å²) in [6.45, 7) is 0. The molecule has 1 aliphatic rings. The molecule has 0 bridgehead atoms. The van der Waals surface area contributed by atoms with Gasteiger partial charge >= 0.3 is 0 Å². The van der Waals surface area contributed by atoms with E-state index in [0.717, 1.165) is 41.0 Å². The van der Waals surface area contributed by atoms with Gasteiger partial charge < -0.3 is 5.73 Å². The van der Waals surface area contributed by atoms with Crippen LogP contribution < -0.4 is 5.73 Å². The maximum Gasteiger partial charge on any atom is 0.145 e. The number of nitrogens with two attached hydrogens (primary N) is 1. The van der Waals surface area contributed by atoms with Gasteiger partial charge in [0.2, 0.25) is 0 Å². The van der Waals surface area contributed by atoms with Crippen molar-refractivity contribution in [3.63, 3.8) is 0 Å². The molecule has 4 aromatic rings. The SMILES string of the molecule is NC1(c2ccc(-c3nc4ccncc4n3-c3ccccc3)cc2)CCC1. The average Bonchev–Trinajstić information content (AvgIpc) is 3.06. The van der Waals surface area contributed by atoms with E-state index in [-0.39, 0.29) is 5.54 Å². The molecule has 1 aliphatic carbocycles. The molecule has 0 atom stereocenters. The highest BCUT2D eigenvalue weighted by Gasteiger charge is 2.34. The molecule has 4 nitrogen and oxygen atoms in total. The molecule has 5 rings (SSSR count). The molecule has 128 valence electrons. The second kappa shape index (κ2) is 5.78. The summed E-state index contributed by atoms with van der Waals surface area (Å²) < 4.78 is 2.17. The molecule has 26 heavy (non-hydrogen) atoms. The van der Waals surface area contributed by atoms with Crippen molar-refractivity contribution in [2.45, 2.75) is 24.8 Å². The molecule has 0 spiro atoms. The maximum absolute atomic E-state index is 6.47. The Bertz CT molecular complexity index is 1060. The van der Waals surface area contributed by atoms with E-state index >= 15 is 0 Å². The summed E-state index contributed by atoms with van der Waals surface area (Å²) in [6, 6.07) is 20.8. The summed E-state index contributed by atoms with van der Waals surface area (Å²) in [4.78, 5) is 9.17. The quantitative estimate of drug-likeness (QED) is 0.600. The van der Waals surface area contributed by atoms with Crippen molar-refractivity contribution in [1.82, 2.24) is 14.5 Å². The van der Waals surface area contributed by atoms with Gasteiger partial charge in [0, 0.05) is 23.0 Å². The van der Waals surface area contributed by atoms with Gasteiger partial charge in [0.15, 0.2) is 0 Å². The predicted molar refractivity (Wildman–Crippen MR) is 104 cm³/mol. The standard InChI is InChI=1S/C22H20N4/c23-22(12-4-13-22)17-9-7-16(8-10-17)21-25-19-11-14-24-15-20(19)26(21)18-5-2-1-3-6-18/h1-3,5-11,14-15H,4,12-13,23H2. The van der Waals surface area contributed by atoms with E-state index in [1.165, 1.54) is 12.0 Å². The molecule has 2 heterocycles. The van der Waals surface area contributed by atoms with Crippen LogP contribution in [0.2, 0.25) is 0 Å². The number of pyridine rings is 1. The molecule has 2 aromatic heterocycles. The van der Waals surface area contributed by atoms with Crippen molar-refractivity contribution in [1.29, 1.82) is 0 Å². The Morgan fingerprint density at radius 1 is 0.923 bits per heavy atom. The van der Waals surface area contributed by atoms with E-state index in [0.29, 0.717) is 0 Å². The lowest BCUT2D eigenvalue weighted by atomic mass is 9.73. The molecular formula is C22H20N4. The van der Waals surface area contributed by atoms with E-state index in [1.54, 1.807) is 6.20 Å². The lowest BCUT2D eigenvalue weighted by molar-refractivity contribution is 0.253. The highest BCUT2D eigenvalue weighted by Crippen LogP contribution is 2.39. The summed E-state index contributed by atoms with van der Waals surface area (Å²) >= 11 is 0. The van der Waals surface area contributed by atoms with Gasteiger partial charge in [0.25, 0.3) is 0 Å². The molecule has 1 fully saturated rings. The third-order valence-electron chi connectivity index (χ3n) is 5.43. The zero-order valence-corrected chi connectivity index (χ0v) is 14.5. The van der Waals surface area contributed by atoms with E-state index in [2.05, 4.69) is 45.9 Å². The average molecular weight is 340 g/mol. The van der Waals surface area contributed by atoms with Gasteiger partial charge in [-0.25, -0.2) is 4.98 Å². The van der Waals surface area contributed by atoms with Gasteiger partial charge in [-0.15, -0.1) is 0 Å². The van der Waals surface area contributed by atoms with E-state index in [4.69, 9.17) is 10.7 Å². The first-order valence-corrected chi connectivity index (χ1v) is 9.02. The number of rotatable bonds is 3. The van der Waals surface area contributed by atoms with Crippen LogP contribution in [0.3, 0.4) is 0 Å². The van der Waals surface area contributed by atoms with Crippen molar-refractivity contribution in [2.24, 2.45) is 5.73 Å². The Hall–Kier alpha value is -2.98. The summed E-state index contributed by atoms with van der Waals surface area (Å²) in [7, 11) is 0. The largest absolute Gasteiger partial charge is 0.321 e. The molecule has 1 saturated carbocycles. The van der Waals surface area contributed by atoms with Gasteiger partial charge in [-0.05, 0) is 43.0 Å². The van der Waals surface area contributed by atoms with Crippen molar-refractivity contribution < 1.29 is 0 Å². The van der Waals surface area contributed by atoms with Crippen LogP contribution in [0.1, 0.15) is 24.8 Å². The smallest absolute Gasteiger partial charge is 0.145 e. The number of benzene rings is 2. The lowest BCUT2D eigenvalue weighted by Gasteiger charge is -2.38. The fourth-order valence-corrected chi connectivity index (χ4v) is 3.75. The first-order chi connectivity index (χ1) is 12.7. The Labute approximate surface area is 152 Å². The van der Waals surface area contributed by atoms with Crippen LogP contribution in [0.25, 0.3) is 28.1 Å². The molecular weight excluding hydrogens is 320 g/mol. The Balaban J connectivity index is 1.67. The molecule has 0 radical (unpaired) electrons. The Morgan fingerprint density at radius 2 is 1.69 bits per heavy atom. The highest BCUT2D eigenvalue weighted by molar-refractivity contribution is 5.82. The van der Waals surface area contributed by atoms with Crippen molar-refractivity contribution in [3.05, 3.63) is 78.6 Å².